The van der Waals surface area contributed by atoms with Gasteiger partial charge >= 0.3 is 0 Å². The third kappa shape index (κ3) is 4.29. The second kappa shape index (κ2) is 6.20. The van der Waals surface area contributed by atoms with Crippen molar-refractivity contribution in [3.05, 3.63) is 52.0 Å². The Morgan fingerprint density at radius 3 is 1.65 bits per heavy atom. The first-order valence-electron chi connectivity index (χ1n) is 7.82. The van der Waals surface area contributed by atoms with Crippen LogP contribution >= 0.6 is 15.9 Å². The van der Waals surface area contributed by atoms with E-state index in [4.69, 9.17) is 4.99 Å². The number of halogens is 1. The minimum absolute atomic E-state index is 0.139. The van der Waals surface area contributed by atoms with Crippen LogP contribution in [0.5, 0.6) is 0 Å². The van der Waals surface area contributed by atoms with Crippen LogP contribution in [0, 0.1) is 10.8 Å². The molecule has 0 fully saturated rings. The molecule has 0 spiro atoms. The third-order valence-corrected chi connectivity index (χ3v) is 4.30. The predicted octanol–water partition coefficient (Wildman–Crippen LogP) is 6.05. The van der Waals surface area contributed by atoms with E-state index in [9.17, 15) is 4.79 Å². The predicted molar refractivity (Wildman–Crippen MR) is 101 cm³/mol. The molecular formula is C20H24BrNO. The maximum atomic E-state index is 12.9. The van der Waals surface area contributed by atoms with Gasteiger partial charge in [0.1, 0.15) is 0 Å². The van der Waals surface area contributed by atoms with Crippen molar-refractivity contribution in [2.24, 2.45) is 15.8 Å². The molecule has 1 aromatic rings. The fourth-order valence-corrected chi connectivity index (χ4v) is 2.72. The average molecular weight is 374 g/mol. The van der Waals surface area contributed by atoms with Crippen LogP contribution in [0.2, 0.25) is 0 Å². The first kappa shape index (κ1) is 17.9. The Kier molecular flexibility index (Phi) is 4.81. The first-order chi connectivity index (χ1) is 10.5. The van der Waals surface area contributed by atoms with Gasteiger partial charge < -0.3 is 0 Å². The molecule has 0 amide bonds. The lowest BCUT2D eigenvalue weighted by molar-refractivity contribution is -0.114. The van der Waals surface area contributed by atoms with Gasteiger partial charge in [0.2, 0.25) is 0 Å². The van der Waals surface area contributed by atoms with Gasteiger partial charge in [0.15, 0.2) is 5.78 Å². The van der Waals surface area contributed by atoms with Gasteiger partial charge in [-0.25, -0.2) is 4.99 Å². The molecule has 1 aromatic carbocycles. The molecule has 2 nitrogen and oxygen atoms in total. The summed E-state index contributed by atoms with van der Waals surface area (Å²) in [6.45, 7) is 12.4. The number of nitrogens with zero attached hydrogens (tertiary/aromatic N) is 1. The summed E-state index contributed by atoms with van der Waals surface area (Å²) in [6, 6.07) is 7.86. The maximum absolute atomic E-state index is 12.9. The zero-order valence-electron chi connectivity index (χ0n) is 14.7. The standard InChI is InChI=1S/C20H24BrNO/c1-19(2,3)16-11-15(12-17(18(16)23)20(4,5)6)22-14-9-7-13(21)8-10-14/h7-12H,1-6H3. The molecule has 1 aliphatic carbocycles. The minimum Gasteiger partial charge on any atom is -0.289 e. The summed E-state index contributed by atoms with van der Waals surface area (Å²) in [7, 11) is 0. The number of rotatable bonds is 1. The number of aliphatic imine (C=N–C) groups is 1. The van der Waals surface area contributed by atoms with Crippen LogP contribution < -0.4 is 0 Å². The minimum atomic E-state index is -0.206. The van der Waals surface area contributed by atoms with Crippen LogP contribution in [0.25, 0.3) is 0 Å². The van der Waals surface area contributed by atoms with Crippen molar-refractivity contribution in [2.45, 2.75) is 41.5 Å². The number of carbonyl (C=O) groups is 1. The van der Waals surface area contributed by atoms with E-state index >= 15 is 0 Å². The summed E-state index contributed by atoms with van der Waals surface area (Å²) >= 11 is 3.43. The van der Waals surface area contributed by atoms with E-state index in [2.05, 4.69) is 57.5 Å². The Morgan fingerprint density at radius 2 is 1.26 bits per heavy atom. The summed E-state index contributed by atoms with van der Waals surface area (Å²) in [5.74, 6) is 0.139. The molecule has 0 N–H and O–H groups in total. The molecule has 0 aromatic heterocycles. The lowest BCUT2D eigenvalue weighted by atomic mass is 9.72. The van der Waals surface area contributed by atoms with E-state index in [1.807, 2.05) is 36.4 Å². The van der Waals surface area contributed by atoms with Crippen molar-refractivity contribution in [3.63, 3.8) is 0 Å². The molecule has 3 heteroatoms. The molecule has 0 aliphatic heterocycles. The topological polar surface area (TPSA) is 29.4 Å². The number of benzene rings is 1. The van der Waals surface area contributed by atoms with Crippen LogP contribution in [0.15, 0.2) is 57.0 Å². The summed E-state index contributed by atoms with van der Waals surface area (Å²) < 4.78 is 1.03. The molecule has 0 unspecified atom stereocenters. The molecular weight excluding hydrogens is 350 g/mol. The average Bonchev–Trinajstić information content (AvgIpc) is 2.40. The Balaban J connectivity index is 2.56. The van der Waals surface area contributed by atoms with Crippen molar-refractivity contribution in [2.75, 3.05) is 0 Å². The molecule has 0 saturated heterocycles. The van der Waals surface area contributed by atoms with Crippen molar-refractivity contribution in [3.8, 4) is 0 Å². The van der Waals surface area contributed by atoms with Gasteiger partial charge in [0.05, 0.1) is 11.4 Å². The van der Waals surface area contributed by atoms with Gasteiger partial charge in [-0.2, -0.15) is 0 Å². The highest BCUT2D eigenvalue weighted by Crippen LogP contribution is 2.37. The molecule has 2 rings (SSSR count). The zero-order chi connectivity index (χ0) is 17.4. The highest BCUT2D eigenvalue weighted by Gasteiger charge is 2.34. The highest BCUT2D eigenvalue weighted by atomic mass is 79.9. The van der Waals surface area contributed by atoms with Crippen molar-refractivity contribution in [1.29, 1.82) is 0 Å². The Hall–Kier alpha value is -1.48. The lowest BCUT2D eigenvalue weighted by Gasteiger charge is -2.31. The first-order valence-corrected chi connectivity index (χ1v) is 8.61. The van der Waals surface area contributed by atoms with Crippen molar-refractivity contribution < 1.29 is 4.79 Å². The Labute approximate surface area is 147 Å². The summed E-state index contributed by atoms with van der Waals surface area (Å²) in [5, 5.41) is 0. The van der Waals surface area contributed by atoms with E-state index in [1.54, 1.807) is 0 Å². The zero-order valence-corrected chi connectivity index (χ0v) is 16.3. The van der Waals surface area contributed by atoms with Gasteiger partial charge in [-0.15, -0.1) is 0 Å². The number of hydrogen-bond donors (Lipinski definition) is 0. The van der Waals surface area contributed by atoms with Crippen molar-refractivity contribution >= 4 is 33.1 Å². The van der Waals surface area contributed by atoms with Gasteiger partial charge in [-0.1, -0.05) is 57.5 Å². The van der Waals surface area contributed by atoms with Gasteiger partial charge in [-0.05, 0) is 47.2 Å². The van der Waals surface area contributed by atoms with Crippen LogP contribution in [0.3, 0.4) is 0 Å². The molecule has 0 atom stereocenters. The summed E-state index contributed by atoms with van der Waals surface area (Å²) in [4.78, 5) is 17.6. The van der Waals surface area contributed by atoms with E-state index in [-0.39, 0.29) is 16.6 Å². The molecule has 23 heavy (non-hydrogen) atoms. The van der Waals surface area contributed by atoms with E-state index in [0.29, 0.717) is 0 Å². The number of carbonyl (C=O) groups excluding carboxylic acids is 1. The second-order valence-corrected chi connectivity index (χ2v) is 8.87. The van der Waals surface area contributed by atoms with E-state index in [0.717, 1.165) is 27.0 Å². The summed E-state index contributed by atoms with van der Waals surface area (Å²) in [5.41, 5.74) is 2.94. The Bertz CT molecular complexity index is 671. The monoisotopic (exact) mass is 373 g/mol. The van der Waals surface area contributed by atoms with E-state index in [1.165, 1.54) is 0 Å². The second-order valence-electron chi connectivity index (χ2n) is 7.96. The quantitative estimate of drug-likeness (QED) is 0.550. The molecule has 0 heterocycles. The number of ketones is 1. The number of allylic oxidation sites excluding steroid dienone is 4. The molecule has 0 radical (unpaired) electrons. The smallest absolute Gasteiger partial charge is 0.186 e. The molecule has 122 valence electrons. The fraction of sp³-hybridized carbons (Fsp3) is 0.400. The van der Waals surface area contributed by atoms with Crippen LogP contribution in [0.1, 0.15) is 41.5 Å². The maximum Gasteiger partial charge on any atom is 0.186 e. The SMILES string of the molecule is CC(C)(C)C1=CC(=Nc2ccc(Br)cc2)C=C(C(C)(C)C)C1=O. The number of hydrogen-bond acceptors (Lipinski definition) is 2. The van der Waals surface area contributed by atoms with Crippen molar-refractivity contribution in [1.82, 2.24) is 0 Å². The number of Topliss-reactive ketones (excluding diaryl/α,β-unsaturated/α-hetero) is 1. The Morgan fingerprint density at radius 1 is 0.826 bits per heavy atom. The summed E-state index contributed by atoms with van der Waals surface area (Å²) in [6.07, 6.45) is 3.86. The van der Waals surface area contributed by atoms with E-state index < -0.39 is 0 Å². The van der Waals surface area contributed by atoms with Crippen LogP contribution in [-0.4, -0.2) is 11.5 Å². The largest absolute Gasteiger partial charge is 0.289 e. The molecule has 0 saturated carbocycles. The lowest BCUT2D eigenvalue weighted by Crippen LogP contribution is -2.29. The highest BCUT2D eigenvalue weighted by molar-refractivity contribution is 9.10. The van der Waals surface area contributed by atoms with Crippen LogP contribution in [-0.2, 0) is 4.79 Å². The van der Waals surface area contributed by atoms with Gasteiger partial charge in [0, 0.05) is 15.6 Å². The van der Waals surface area contributed by atoms with Gasteiger partial charge in [0.25, 0.3) is 0 Å². The normalized spacial score (nSPS) is 16.1. The van der Waals surface area contributed by atoms with Gasteiger partial charge in [-0.3, -0.25) is 4.79 Å². The fourth-order valence-electron chi connectivity index (χ4n) is 2.46. The third-order valence-electron chi connectivity index (χ3n) is 3.77. The van der Waals surface area contributed by atoms with Crippen LogP contribution in [0.4, 0.5) is 5.69 Å². The molecule has 1 aliphatic rings. The molecule has 0 bridgehead atoms.